The van der Waals surface area contributed by atoms with Gasteiger partial charge in [0, 0.05) is 29.5 Å². The highest BCUT2D eigenvalue weighted by Crippen LogP contribution is 2.34. The molecule has 0 bridgehead atoms. The van der Waals surface area contributed by atoms with E-state index in [4.69, 9.17) is 16.1 Å². The summed E-state index contributed by atoms with van der Waals surface area (Å²) in [5, 5.41) is 15.5. The third kappa shape index (κ3) is 5.94. The van der Waals surface area contributed by atoms with Crippen LogP contribution in [0, 0.1) is 10.1 Å². The molecule has 0 spiro atoms. The molecule has 0 atom stereocenters. The molecule has 0 radical (unpaired) electrons. The van der Waals surface area contributed by atoms with Gasteiger partial charge in [-0.3, -0.25) is 25.8 Å². The Bertz CT molecular complexity index is 1120. The average Bonchev–Trinajstić information content (AvgIpc) is 3.20. The molecule has 3 rings (SSSR count). The van der Waals surface area contributed by atoms with Crippen molar-refractivity contribution in [1.29, 1.82) is 0 Å². The van der Waals surface area contributed by atoms with Crippen molar-refractivity contribution in [2.24, 2.45) is 0 Å². The zero-order valence-corrected chi connectivity index (χ0v) is 16.9. The number of nitrogens with zero attached hydrogens (tertiary/aromatic N) is 3. The summed E-state index contributed by atoms with van der Waals surface area (Å²) in [6, 6.07) is 8.78. The van der Waals surface area contributed by atoms with Crippen molar-refractivity contribution in [1.82, 2.24) is 15.6 Å². The van der Waals surface area contributed by atoms with Gasteiger partial charge in [-0.15, -0.1) is 0 Å². The first-order valence-corrected chi connectivity index (χ1v) is 9.50. The molecular formula is C19H15ClF3N5O4. The van der Waals surface area contributed by atoms with E-state index in [1.54, 1.807) is 24.3 Å². The minimum atomic E-state index is -4.73. The Balaban J connectivity index is 1.51. The molecule has 2 N–H and O–H groups in total. The van der Waals surface area contributed by atoms with E-state index in [9.17, 15) is 28.1 Å². The lowest BCUT2D eigenvalue weighted by Crippen LogP contribution is -2.29. The molecule has 0 fully saturated rings. The summed E-state index contributed by atoms with van der Waals surface area (Å²) < 4.78 is 43.3. The maximum atomic E-state index is 12.7. The van der Waals surface area contributed by atoms with Gasteiger partial charge in [-0.2, -0.15) is 18.2 Å². The summed E-state index contributed by atoms with van der Waals surface area (Å²) in [4.78, 5) is 26.3. The molecule has 0 saturated heterocycles. The Hall–Kier alpha value is -3.67. The lowest BCUT2D eigenvalue weighted by atomic mass is 10.1. The molecule has 9 nitrogen and oxygen atoms in total. The second-order valence-corrected chi connectivity index (χ2v) is 6.97. The van der Waals surface area contributed by atoms with Crippen LogP contribution in [0.1, 0.15) is 24.3 Å². The van der Waals surface area contributed by atoms with Gasteiger partial charge in [-0.1, -0.05) is 16.8 Å². The number of carbonyl (C=O) groups excluding carboxylic acids is 1. The first-order valence-electron chi connectivity index (χ1n) is 9.12. The number of nitrogens with one attached hydrogen (secondary N) is 2. The number of anilines is 1. The summed E-state index contributed by atoms with van der Waals surface area (Å²) in [6.07, 6.45) is -4.10. The highest BCUT2D eigenvalue weighted by Gasteiger charge is 2.33. The number of carbonyl (C=O) groups is 1. The highest BCUT2D eigenvalue weighted by molar-refractivity contribution is 6.30. The molecule has 0 aliphatic heterocycles. The molecule has 1 amide bonds. The predicted molar refractivity (Wildman–Crippen MR) is 108 cm³/mol. The molecule has 0 saturated carbocycles. The Labute approximate surface area is 183 Å². The number of nitro benzene ring substituents is 1. The van der Waals surface area contributed by atoms with Crippen LogP contribution in [0.2, 0.25) is 5.02 Å². The van der Waals surface area contributed by atoms with Crippen LogP contribution in [-0.2, 0) is 17.4 Å². The van der Waals surface area contributed by atoms with Crippen molar-refractivity contribution in [2.45, 2.75) is 25.4 Å². The van der Waals surface area contributed by atoms with E-state index in [0.717, 1.165) is 6.07 Å². The number of hydrogen-bond donors (Lipinski definition) is 2. The lowest BCUT2D eigenvalue weighted by molar-refractivity contribution is -0.384. The van der Waals surface area contributed by atoms with Crippen molar-refractivity contribution < 1.29 is 27.4 Å². The third-order valence-corrected chi connectivity index (χ3v) is 4.48. The van der Waals surface area contributed by atoms with Crippen molar-refractivity contribution in [2.75, 3.05) is 5.43 Å². The minimum absolute atomic E-state index is 0.0000898. The van der Waals surface area contributed by atoms with Crippen molar-refractivity contribution in [3.05, 3.63) is 69.1 Å². The van der Waals surface area contributed by atoms with Gasteiger partial charge < -0.3 is 4.52 Å². The normalized spacial score (nSPS) is 11.2. The van der Waals surface area contributed by atoms with Crippen LogP contribution in [0.25, 0.3) is 11.4 Å². The largest absolute Gasteiger partial charge is 0.416 e. The van der Waals surface area contributed by atoms with E-state index in [1.807, 2.05) is 0 Å². The molecule has 1 heterocycles. The van der Waals surface area contributed by atoms with Crippen molar-refractivity contribution in [3.63, 3.8) is 0 Å². The lowest BCUT2D eigenvalue weighted by Gasteiger charge is -2.11. The Kier molecular flexibility index (Phi) is 6.93. The Morgan fingerprint density at radius 2 is 1.91 bits per heavy atom. The van der Waals surface area contributed by atoms with Gasteiger partial charge in [0.2, 0.25) is 17.6 Å². The van der Waals surface area contributed by atoms with Gasteiger partial charge in [0.25, 0.3) is 5.69 Å². The summed E-state index contributed by atoms with van der Waals surface area (Å²) in [5.74, 6) is 0.156. The third-order valence-electron chi connectivity index (χ3n) is 4.22. The fourth-order valence-corrected chi connectivity index (χ4v) is 2.76. The van der Waals surface area contributed by atoms with Gasteiger partial charge in [0.1, 0.15) is 5.69 Å². The van der Waals surface area contributed by atoms with Crippen LogP contribution in [0.3, 0.4) is 0 Å². The van der Waals surface area contributed by atoms with Crippen LogP contribution in [0.4, 0.5) is 24.5 Å². The topological polar surface area (TPSA) is 123 Å². The first kappa shape index (κ1) is 23.0. The van der Waals surface area contributed by atoms with Crippen LogP contribution in [-0.4, -0.2) is 21.0 Å². The first-order chi connectivity index (χ1) is 15.1. The van der Waals surface area contributed by atoms with Crippen molar-refractivity contribution >= 4 is 28.9 Å². The van der Waals surface area contributed by atoms with Crippen LogP contribution >= 0.6 is 11.6 Å². The molecule has 13 heteroatoms. The van der Waals surface area contributed by atoms with E-state index in [0.29, 0.717) is 47.3 Å². The fourth-order valence-electron chi connectivity index (χ4n) is 2.64. The Morgan fingerprint density at radius 1 is 1.19 bits per heavy atom. The minimum Gasteiger partial charge on any atom is -0.339 e. The number of benzene rings is 2. The Morgan fingerprint density at radius 3 is 2.56 bits per heavy atom. The SMILES string of the molecule is O=C(CCCc1nc(-c2ccc(Cl)cc2)no1)NNc1ccc(C(F)(F)F)cc1[N+](=O)[O-]. The summed E-state index contributed by atoms with van der Waals surface area (Å²) in [7, 11) is 0. The zero-order chi connectivity index (χ0) is 23.3. The van der Waals surface area contributed by atoms with Crippen LogP contribution in [0.15, 0.2) is 47.0 Å². The maximum Gasteiger partial charge on any atom is 0.416 e. The molecular weight excluding hydrogens is 455 g/mol. The number of hydrogen-bond acceptors (Lipinski definition) is 7. The predicted octanol–water partition coefficient (Wildman–Crippen LogP) is 4.78. The number of aryl methyl sites for hydroxylation is 1. The number of hydrazine groups is 1. The molecule has 0 unspecified atom stereocenters. The van der Waals surface area contributed by atoms with Gasteiger partial charge in [-0.25, -0.2) is 0 Å². The van der Waals surface area contributed by atoms with Gasteiger partial charge >= 0.3 is 6.18 Å². The second kappa shape index (κ2) is 9.64. The summed E-state index contributed by atoms with van der Waals surface area (Å²) in [6.45, 7) is 0. The molecule has 0 aliphatic rings. The second-order valence-electron chi connectivity index (χ2n) is 6.53. The van der Waals surface area contributed by atoms with E-state index in [-0.39, 0.29) is 12.1 Å². The molecule has 32 heavy (non-hydrogen) atoms. The standard InChI is InChI=1S/C19H15ClF3N5O4/c20-13-7-4-11(5-8-13)18-24-17(32-27-18)3-1-2-16(29)26-25-14-9-6-12(19(21,22)23)10-15(14)28(30)31/h4-10,25H,1-3H2,(H,26,29). The number of rotatable bonds is 8. The molecule has 0 aliphatic carbocycles. The van der Waals surface area contributed by atoms with E-state index >= 15 is 0 Å². The number of alkyl halides is 3. The van der Waals surface area contributed by atoms with Gasteiger partial charge in [0.15, 0.2) is 0 Å². The molecule has 168 valence electrons. The highest BCUT2D eigenvalue weighted by atomic mass is 35.5. The van der Waals surface area contributed by atoms with Gasteiger partial charge in [-0.05, 0) is 42.8 Å². The summed E-state index contributed by atoms with van der Waals surface area (Å²) in [5.41, 5.74) is 2.95. The van der Waals surface area contributed by atoms with Gasteiger partial charge in [0.05, 0.1) is 10.5 Å². The number of aromatic nitrogens is 2. The fraction of sp³-hybridized carbons (Fsp3) is 0.211. The van der Waals surface area contributed by atoms with Crippen LogP contribution < -0.4 is 10.9 Å². The quantitative estimate of drug-likeness (QED) is 0.359. The zero-order valence-electron chi connectivity index (χ0n) is 16.1. The average molecular weight is 470 g/mol. The van der Waals surface area contributed by atoms with Crippen LogP contribution in [0.5, 0.6) is 0 Å². The molecule has 1 aromatic heterocycles. The maximum absolute atomic E-state index is 12.7. The monoisotopic (exact) mass is 469 g/mol. The molecule has 3 aromatic rings. The molecule has 2 aromatic carbocycles. The van der Waals surface area contributed by atoms with E-state index in [1.165, 1.54) is 0 Å². The van der Waals surface area contributed by atoms with E-state index < -0.39 is 28.3 Å². The number of halogens is 4. The van der Waals surface area contributed by atoms with Crippen molar-refractivity contribution in [3.8, 4) is 11.4 Å². The summed E-state index contributed by atoms with van der Waals surface area (Å²) >= 11 is 5.83. The number of nitro groups is 1. The van der Waals surface area contributed by atoms with E-state index in [2.05, 4.69) is 21.0 Å². The number of amides is 1. The smallest absolute Gasteiger partial charge is 0.339 e.